The number of nitrogens with zero attached hydrogens (tertiary/aromatic N) is 4. The van der Waals surface area contributed by atoms with Gasteiger partial charge in [-0.1, -0.05) is 17.7 Å². The van der Waals surface area contributed by atoms with Gasteiger partial charge in [-0.3, -0.25) is 9.48 Å². The first-order valence-electron chi connectivity index (χ1n) is 8.33. The summed E-state index contributed by atoms with van der Waals surface area (Å²) in [6, 6.07) is 7.51. The molecule has 2 heterocycles. The van der Waals surface area contributed by atoms with Gasteiger partial charge in [0.1, 0.15) is 11.4 Å². The summed E-state index contributed by atoms with van der Waals surface area (Å²) < 4.78 is 38.4. The third-order valence-electron chi connectivity index (χ3n) is 3.79. The fourth-order valence-corrected chi connectivity index (χ4v) is 3.23. The second-order valence-corrected chi connectivity index (χ2v) is 7.88. The van der Waals surface area contributed by atoms with Crippen molar-refractivity contribution in [2.75, 3.05) is 6.54 Å². The van der Waals surface area contributed by atoms with Crippen molar-refractivity contribution >= 4 is 16.0 Å². The molecule has 3 rings (SSSR count). The average molecular weight is 405 g/mol. The number of ether oxygens (including phenoxy) is 1. The van der Waals surface area contributed by atoms with Crippen molar-refractivity contribution in [3.05, 3.63) is 48.1 Å². The van der Waals surface area contributed by atoms with Gasteiger partial charge >= 0.3 is 5.97 Å². The van der Waals surface area contributed by atoms with Crippen molar-refractivity contribution in [1.82, 2.24) is 24.7 Å². The lowest BCUT2D eigenvalue weighted by Gasteiger charge is -2.10. The second kappa shape index (κ2) is 7.90. The molecule has 1 aromatic carbocycles. The largest absolute Gasteiger partial charge is 0.452 e. The Hall–Kier alpha value is -3.05. The molecule has 28 heavy (non-hydrogen) atoms. The summed E-state index contributed by atoms with van der Waals surface area (Å²) in [5.41, 5.74) is 1.84. The van der Waals surface area contributed by atoms with E-state index < -0.39 is 28.6 Å². The van der Waals surface area contributed by atoms with Gasteiger partial charge in [0.05, 0.1) is 6.20 Å². The molecule has 10 nitrogen and oxygen atoms in total. The molecular formula is C17H19N5O5S. The van der Waals surface area contributed by atoms with Gasteiger partial charge in [0.2, 0.25) is 15.9 Å². The number of aromatic nitrogens is 4. The molecule has 3 aromatic rings. The van der Waals surface area contributed by atoms with E-state index in [-0.39, 0.29) is 10.8 Å². The molecular weight excluding hydrogens is 386 g/mol. The van der Waals surface area contributed by atoms with Crippen LogP contribution < -0.4 is 4.72 Å². The predicted octanol–water partition coefficient (Wildman–Crippen LogP) is 1.36. The number of sulfonamides is 1. The number of rotatable bonds is 7. The Kier molecular flexibility index (Phi) is 5.56. The number of aryl methyl sites for hydroxylation is 2. The second-order valence-electron chi connectivity index (χ2n) is 6.12. The van der Waals surface area contributed by atoms with E-state index in [0.29, 0.717) is 5.89 Å². The monoisotopic (exact) mass is 405 g/mol. The number of carbonyl (C=O) groups is 1. The van der Waals surface area contributed by atoms with E-state index >= 15 is 0 Å². The van der Waals surface area contributed by atoms with Crippen molar-refractivity contribution in [3.63, 3.8) is 0 Å². The van der Waals surface area contributed by atoms with Crippen molar-refractivity contribution < 1.29 is 22.4 Å². The van der Waals surface area contributed by atoms with E-state index in [4.69, 9.17) is 9.15 Å². The van der Waals surface area contributed by atoms with Crippen LogP contribution in [0.25, 0.3) is 11.5 Å². The van der Waals surface area contributed by atoms with E-state index in [1.54, 1.807) is 14.0 Å². The molecule has 0 saturated heterocycles. The first-order valence-corrected chi connectivity index (χ1v) is 9.81. The quantitative estimate of drug-likeness (QED) is 0.583. The predicted molar refractivity (Wildman–Crippen MR) is 97.4 cm³/mol. The summed E-state index contributed by atoms with van der Waals surface area (Å²) in [6.07, 6.45) is 1.67. The standard InChI is InChI=1S/C17H19N5O5S/c1-11-4-6-13(7-5-11)17-21-20-16(27-17)12(2)26-15(23)9-19-28(24,25)14-8-18-22(3)10-14/h4-8,10,12,19H,9H2,1-3H3. The van der Waals surface area contributed by atoms with Crippen LogP contribution in [0.1, 0.15) is 24.5 Å². The van der Waals surface area contributed by atoms with Gasteiger partial charge in [-0.05, 0) is 26.0 Å². The molecule has 11 heteroatoms. The number of nitrogens with one attached hydrogen (secondary N) is 1. The minimum Gasteiger partial charge on any atom is -0.452 e. The number of benzene rings is 1. The van der Waals surface area contributed by atoms with Gasteiger partial charge in [-0.15, -0.1) is 10.2 Å². The Bertz CT molecular complexity index is 1070. The molecule has 0 radical (unpaired) electrons. The minimum absolute atomic E-state index is 0.0458. The maximum atomic E-state index is 12.1. The Balaban J connectivity index is 1.58. The van der Waals surface area contributed by atoms with Crippen LogP contribution in [0.3, 0.4) is 0 Å². The number of hydrogen-bond donors (Lipinski definition) is 1. The summed E-state index contributed by atoms with van der Waals surface area (Å²) in [7, 11) is -2.27. The highest BCUT2D eigenvalue weighted by atomic mass is 32.2. The van der Waals surface area contributed by atoms with Crippen molar-refractivity contribution in [1.29, 1.82) is 0 Å². The smallest absolute Gasteiger partial charge is 0.321 e. The molecule has 0 amide bonds. The maximum absolute atomic E-state index is 12.1. The number of carbonyl (C=O) groups excluding carboxylic acids is 1. The summed E-state index contributed by atoms with van der Waals surface area (Å²) in [6.45, 7) is 2.98. The van der Waals surface area contributed by atoms with Gasteiger partial charge < -0.3 is 9.15 Å². The Morgan fingerprint density at radius 2 is 2.00 bits per heavy atom. The molecule has 0 aliphatic rings. The summed E-state index contributed by atoms with van der Waals surface area (Å²) in [5, 5.41) is 11.6. The molecule has 0 fully saturated rings. The highest BCUT2D eigenvalue weighted by Crippen LogP contribution is 2.22. The van der Waals surface area contributed by atoms with Crippen LogP contribution >= 0.6 is 0 Å². The third-order valence-corrected chi connectivity index (χ3v) is 5.15. The van der Waals surface area contributed by atoms with Gasteiger partial charge in [0.25, 0.3) is 5.89 Å². The molecule has 0 aliphatic carbocycles. The zero-order valence-electron chi connectivity index (χ0n) is 15.5. The molecule has 0 spiro atoms. The van der Waals surface area contributed by atoms with Gasteiger partial charge in [-0.2, -0.15) is 9.82 Å². The fraction of sp³-hybridized carbons (Fsp3) is 0.294. The lowest BCUT2D eigenvalue weighted by atomic mass is 10.1. The van der Waals surface area contributed by atoms with Crippen LogP contribution in [0.2, 0.25) is 0 Å². The average Bonchev–Trinajstić information content (AvgIpc) is 3.30. The maximum Gasteiger partial charge on any atom is 0.321 e. The van der Waals surface area contributed by atoms with E-state index in [1.165, 1.54) is 17.1 Å². The highest BCUT2D eigenvalue weighted by molar-refractivity contribution is 7.89. The summed E-state index contributed by atoms with van der Waals surface area (Å²) in [4.78, 5) is 11.9. The lowest BCUT2D eigenvalue weighted by Crippen LogP contribution is -2.31. The fourth-order valence-electron chi connectivity index (χ4n) is 2.28. The first-order chi connectivity index (χ1) is 13.2. The number of hydrogen-bond acceptors (Lipinski definition) is 8. The molecule has 0 bridgehead atoms. The van der Waals surface area contributed by atoms with Crippen LogP contribution in [0.4, 0.5) is 0 Å². The summed E-state index contributed by atoms with van der Waals surface area (Å²) in [5.74, 6) is -0.371. The molecule has 0 aliphatic heterocycles. The topological polar surface area (TPSA) is 129 Å². The Labute approximate surface area is 161 Å². The summed E-state index contributed by atoms with van der Waals surface area (Å²) >= 11 is 0. The molecule has 1 atom stereocenters. The van der Waals surface area contributed by atoms with Crippen LogP contribution in [-0.2, 0) is 26.6 Å². The zero-order chi connectivity index (χ0) is 20.3. The SMILES string of the molecule is Cc1ccc(-c2nnc(C(C)OC(=O)CNS(=O)(=O)c3cnn(C)c3)o2)cc1. The Morgan fingerprint density at radius 1 is 1.29 bits per heavy atom. The van der Waals surface area contributed by atoms with Crippen molar-refractivity contribution in [2.24, 2.45) is 7.05 Å². The molecule has 1 unspecified atom stereocenters. The zero-order valence-corrected chi connectivity index (χ0v) is 16.3. The molecule has 148 valence electrons. The van der Waals surface area contributed by atoms with Crippen LogP contribution in [0.15, 0.2) is 46.0 Å². The Morgan fingerprint density at radius 3 is 2.64 bits per heavy atom. The number of esters is 1. The normalized spacial score (nSPS) is 12.7. The van der Waals surface area contributed by atoms with Crippen molar-refractivity contribution in [3.8, 4) is 11.5 Å². The van der Waals surface area contributed by atoms with Crippen LogP contribution in [0.5, 0.6) is 0 Å². The van der Waals surface area contributed by atoms with Crippen LogP contribution in [0, 0.1) is 6.92 Å². The van der Waals surface area contributed by atoms with E-state index in [0.717, 1.165) is 11.1 Å². The molecule has 0 saturated carbocycles. The van der Waals surface area contributed by atoms with E-state index in [2.05, 4.69) is 20.0 Å². The van der Waals surface area contributed by atoms with Gasteiger partial charge in [-0.25, -0.2) is 8.42 Å². The third kappa shape index (κ3) is 4.61. The van der Waals surface area contributed by atoms with Crippen LogP contribution in [-0.4, -0.2) is 40.9 Å². The van der Waals surface area contributed by atoms with Crippen molar-refractivity contribution in [2.45, 2.75) is 24.8 Å². The highest BCUT2D eigenvalue weighted by Gasteiger charge is 2.22. The molecule has 2 aromatic heterocycles. The lowest BCUT2D eigenvalue weighted by molar-refractivity contribution is -0.148. The first kappa shape index (κ1) is 19.7. The van der Waals surface area contributed by atoms with E-state index in [9.17, 15) is 13.2 Å². The van der Waals surface area contributed by atoms with Gasteiger partial charge in [0, 0.05) is 18.8 Å². The van der Waals surface area contributed by atoms with Gasteiger partial charge in [0.15, 0.2) is 6.10 Å². The van der Waals surface area contributed by atoms with E-state index in [1.807, 2.05) is 31.2 Å². The molecule has 1 N–H and O–H groups in total. The minimum atomic E-state index is -3.86.